The fourth-order valence-electron chi connectivity index (χ4n) is 2.89. The average Bonchev–Trinajstić information content (AvgIpc) is 3.12. The summed E-state index contributed by atoms with van der Waals surface area (Å²) in [7, 11) is -3.08. The number of aromatic nitrogens is 2. The zero-order chi connectivity index (χ0) is 19.3. The van der Waals surface area contributed by atoms with E-state index in [0.717, 1.165) is 32.2 Å². The molecule has 0 radical (unpaired) electrons. The first-order chi connectivity index (χ1) is 12.9. The summed E-state index contributed by atoms with van der Waals surface area (Å²) in [5.41, 5.74) is 0.912. The summed E-state index contributed by atoms with van der Waals surface area (Å²) in [4.78, 5) is 12.4. The molecule has 1 aliphatic heterocycles. The Bertz CT molecular complexity index is 894. The second-order valence-electron chi connectivity index (χ2n) is 6.64. The molecule has 1 atom stereocenters. The lowest BCUT2D eigenvalue weighted by Crippen LogP contribution is -2.32. The molecule has 1 unspecified atom stereocenters. The summed E-state index contributed by atoms with van der Waals surface area (Å²) in [6.45, 7) is 1.94. The van der Waals surface area contributed by atoms with Crippen molar-refractivity contribution in [2.24, 2.45) is 0 Å². The first kappa shape index (κ1) is 22.2. The van der Waals surface area contributed by atoms with Crippen molar-refractivity contribution in [3.8, 4) is 5.75 Å². The van der Waals surface area contributed by atoms with Crippen LogP contribution in [0.5, 0.6) is 5.75 Å². The summed E-state index contributed by atoms with van der Waals surface area (Å²) in [5.74, 6) is 0.137. The van der Waals surface area contributed by atoms with E-state index in [0.29, 0.717) is 17.1 Å². The number of anilines is 1. The van der Waals surface area contributed by atoms with Gasteiger partial charge in [0.15, 0.2) is 15.5 Å². The molecule has 28 heavy (non-hydrogen) atoms. The van der Waals surface area contributed by atoms with Gasteiger partial charge in [-0.3, -0.25) is 9.48 Å². The van der Waals surface area contributed by atoms with E-state index in [1.165, 1.54) is 0 Å². The van der Waals surface area contributed by atoms with Crippen LogP contribution in [0.1, 0.15) is 29.4 Å². The molecule has 0 spiro atoms. The molecule has 3 rings (SSSR count). The number of hydrogen-bond acceptors (Lipinski definition) is 6. The number of carbonyl (C=O) groups excluding carboxylic acids is 1. The molecule has 0 bridgehead atoms. The van der Waals surface area contributed by atoms with Gasteiger partial charge in [-0.05, 0) is 37.6 Å². The minimum atomic E-state index is -3.08. The van der Waals surface area contributed by atoms with Gasteiger partial charge in [0.25, 0.3) is 5.91 Å². The van der Waals surface area contributed by atoms with Crippen LogP contribution in [-0.2, 0) is 9.84 Å². The fourth-order valence-corrected chi connectivity index (χ4v) is 3.28. The lowest BCUT2D eigenvalue weighted by Gasteiger charge is -2.22. The summed E-state index contributed by atoms with van der Waals surface area (Å²) >= 11 is 0. The van der Waals surface area contributed by atoms with Crippen LogP contribution in [0.3, 0.4) is 0 Å². The summed E-state index contributed by atoms with van der Waals surface area (Å²) in [6.07, 6.45) is 5.13. The zero-order valence-corrected chi connectivity index (χ0v) is 17.3. The molecular formula is C18H25ClN4O4S. The second-order valence-corrected chi connectivity index (χ2v) is 8.90. The van der Waals surface area contributed by atoms with Crippen molar-refractivity contribution in [3.05, 3.63) is 42.2 Å². The molecule has 10 heteroatoms. The average molecular weight is 429 g/mol. The van der Waals surface area contributed by atoms with E-state index >= 15 is 0 Å². The summed E-state index contributed by atoms with van der Waals surface area (Å²) in [6, 6.07) is 8.81. The molecule has 154 valence electrons. The highest BCUT2D eigenvalue weighted by Crippen LogP contribution is 2.19. The SMILES string of the molecule is CS(=O)(=O)CCOc1cccc(NC(=O)c2ccn(C3CCCNC3)n2)c1.Cl. The topological polar surface area (TPSA) is 102 Å². The van der Waals surface area contributed by atoms with Crippen molar-refractivity contribution in [2.75, 3.05) is 37.0 Å². The molecule has 0 saturated carbocycles. The van der Waals surface area contributed by atoms with E-state index in [-0.39, 0.29) is 36.7 Å². The highest BCUT2D eigenvalue weighted by atomic mass is 35.5. The minimum absolute atomic E-state index is 0. The molecule has 1 fully saturated rings. The first-order valence-electron chi connectivity index (χ1n) is 8.88. The summed E-state index contributed by atoms with van der Waals surface area (Å²) < 4.78 is 29.6. The van der Waals surface area contributed by atoms with Crippen LogP contribution in [0.25, 0.3) is 0 Å². The van der Waals surface area contributed by atoms with Gasteiger partial charge in [0, 0.05) is 30.8 Å². The van der Waals surface area contributed by atoms with Crippen LogP contribution in [0.4, 0.5) is 5.69 Å². The van der Waals surface area contributed by atoms with Crippen molar-refractivity contribution in [2.45, 2.75) is 18.9 Å². The number of amides is 1. The van der Waals surface area contributed by atoms with E-state index in [2.05, 4.69) is 15.7 Å². The molecule has 0 aliphatic carbocycles. The predicted octanol–water partition coefficient (Wildman–Crippen LogP) is 1.91. The summed E-state index contributed by atoms with van der Waals surface area (Å²) in [5, 5.41) is 10.5. The third-order valence-corrected chi connectivity index (χ3v) is 5.21. The number of benzene rings is 1. The van der Waals surface area contributed by atoms with E-state index < -0.39 is 9.84 Å². The number of piperidine rings is 1. The molecular weight excluding hydrogens is 404 g/mol. The second kappa shape index (κ2) is 9.90. The Morgan fingerprint density at radius 2 is 2.21 bits per heavy atom. The number of nitrogens with zero attached hydrogens (tertiary/aromatic N) is 2. The standard InChI is InChI=1S/C18H24N4O4S.ClH/c1-27(24,25)11-10-26-16-6-2-4-14(12-16)20-18(23)17-7-9-22(21-17)15-5-3-8-19-13-15;/h2,4,6-7,9,12,15,19H,3,5,8,10-11,13H2,1H3,(H,20,23);1H. The number of rotatable bonds is 7. The third-order valence-electron chi connectivity index (χ3n) is 4.30. The van der Waals surface area contributed by atoms with Gasteiger partial charge in [-0.1, -0.05) is 6.07 Å². The molecule has 1 aliphatic rings. The number of carbonyl (C=O) groups is 1. The Kier molecular flexibility index (Phi) is 7.85. The smallest absolute Gasteiger partial charge is 0.276 e. The molecule has 2 N–H and O–H groups in total. The van der Waals surface area contributed by atoms with Gasteiger partial charge in [-0.25, -0.2) is 8.42 Å². The van der Waals surface area contributed by atoms with Crippen molar-refractivity contribution >= 4 is 33.8 Å². The van der Waals surface area contributed by atoms with Crippen molar-refractivity contribution in [1.82, 2.24) is 15.1 Å². The third kappa shape index (κ3) is 6.50. The van der Waals surface area contributed by atoms with Gasteiger partial charge in [0.05, 0.1) is 11.8 Å². The highest BCUT2D eigenvalue weighted by molar-refractivity contribution is 7.90. The number of halogens is 1. The highest BCUT2D eigenvalue weighted by Gasteiger charge is 2.18. The van der Waals surface area contributed by atoms with E-state index in [1.807, 2.05) is 10.9 Å². The van der Waals surface area contributed by atoms with Gasteiger partial charge >= 0.3 is 0 Å². The van der Waals surface area contributed by atoms with Gasteiger partial charge < -0.3 is 15.4 Å². The maximum absolute atomic E-state index is 12.4. The maximum Gasteiger partial charge on any atom is 0.276 e. The fraction of sp³-hybridized carbons (Fsp3) is 0.444. The molecule has 1 saturated heterocycles. The van der Waals surface area contributed by atoms with Crippen LogP contribution in [0.15, 0.2) is 36.5 Å². The van der Waals surface area contributed by atoms with E-state index in [1.54, 1.807) is 30.3 Å². The minimum Gasteiger partial charge on any atom is -0.492 e. The van der Waals surface area contributed by atoms with Crippen molar-refractivity contribution in [3.63, 3.8) is 0 Å². The predicted molar refractivity (Wildman–Crippen MR) is 110 cm³/mol. The van der Waals surface area contributed by atoms with Gasteiger partial charge in [0.2, 0.25) is 0 Å². The number of nitrogens with one attached hydrogen (secondary N) is 2. The van der Waals surface area contributed by atoms with Crippen molar-refractivity contribution in [1.29, 1.82) is 0 Å². The Labute approximate surface area is 171 Å². The number of ether oxygens (including phenoxy) is 1. The Hall–Kier alpha value is -2.10. The van der Waals surface area contributed by atoms with Crippen LogP contribution < -0.4 is 15.4 Å². The van der Waals surface area contributed by atoms with Gasteiger partial charge in [-0.2, -0.15) is 5.10 Å². The Morgan fingerprint density at radius 3 is 2.93 bits per heavy atom. The lowest BCUT2D eigenvalue weighted by molar-refractivity contribution is 0.102. The monoisotopic (exact) mass is 428 g/mol. The molecule has 2 heterocycles. The first-order valence-corrected chi connectivity index (χ1v) is 10.9. The largest absolute Gasteiger partial charge is 0.492 e. The quantitative estimate of drug-likeness (QED) is 0.698. The lowest BCUT2D eigenvalue weighted by atomic mass is 10.1. The molecule has 8 nitrogen and oxygen atoms in total. The van der Waals surface area contributed by atoms with Crippen LogP contribution in [-0.4, -0.2) is 55.8 Å². The number of hydrogen-bond donors (Lipinski definition) is 2. The van der Waals surface area contributed by atoms with Gasteiger partial charge in [0.1, 0.15) is 12.4 Å². The van der Waals surface area contributed by atoms with E-state index in [4.69, 9.17) is 4.74 Å². The molecule has 2 aromatic rings. The maximum atomic E-state index is 12.4. The van der Waals surface area contributed by atoms with Crippen LogP contribution in [0, 0.1) is 0 Å². The zero-order valence-electron chi connectivity index (χ0n) is 15.6. The Balaban J connectivity index is 0.00000280. The van der Waals surface area contributed by atoms with E-state index in [9.17, 15) is 13.2 Å². The van der Waals surface area contributed by atoms with Crippen LogP contribution in [0.2, 0.25) is 0 Å². The molecule has 1 aromatic carbocycles. The number of sulfone groups is 1. The Morgan fingerprint density at radius 1 is 1.39 bits per heavy atom. The van der Waals surface area contributed by atoms with Crippen LogP contribution >= 0.6 is 12.4 Å². The molecule has 1 aromatic heterocycles. The normalized spacial score (nSPS) is 16.8. The van der Waals surface area contributed by atoms with Gasteiger partial charge in [-0.15, -0.1) is 12.4 Å². The van der Waals surface area contributed by atoms with Crippen molar-refractivity contribution < 1.29 is 17.9 Å². The molecule has 1 amide bonds.